The number of rotatable bonds is 1. The molecule has 1 saturated heterocycles. The van der Waals surface area contributed by atoms with Gasteiger partial charge < -0.3 is 4.90 Å². The smallest absolute Gasteiger partial charge is 0.00190 e. The Morgan fingerprint density at radius 1 is 0.619 bits per heavy atom. The Bertz CT molecular complexity index is 322. The van der Waals surface area contributed by atoms with Crippen molar-refractivity contribution in [2.75, 3.05) is 20.1 Å². The Morgan fingerprint density at radius 3 is 1.71 bits per heavy atom. The quantitative estimate of drug-likeness (QED) is 0.659. The molecule has 120 valence electrons. The molecule has 0 aromatic carbocycles. The second-order valence-corrected chi connectivity index (χ2v) is 8.87. The molecule has 1 nitrogen and oxygen atoms in total. The summed E-state index contributed by atoms with van der Waals surface area (Å²) in [6, 6.07) is 0. The number of hydrogen-bond donors (Lipinski definition) is 0. The minimum atomic E-state index is 1.08. The largest absolute Gasteiger partial charge is 0.306 e. The standard InChI is InChI=1S/C20H35N/c1-21-12-10-15(11-13-21)20-18-8-4-2-6-16(18)14-17-7-3-5-9-19(17)20/h15-20H,2-14H2,1H3. The van der Waals surface area contributed by atoms with Gasteiger partial charge in [-0.25, -0.2) is 0 Å². The summed E-state index contributed by atoms with van der Waals surface area (Å²) in [6.07, 6.45) is 17.1. The molecule has 1 heteroatoms. The number of hydrogen-bond acceptors (Lipinski definition) is 1. The van der Waals surface area contributed by atoms with Crippen molar-refractivity contribution in [2.24, 2.45) is 35.5 Å². The van der Waals surface area contributed by atoms with Crippen molar-refractivity contribution in [3.63, 3.8) is 0 Å². The fourth-order valence-corrected chi connectivity index (χ4v) is 6.89. The van der Waals surface area contributed by atoms with Gasteiger partial charge in [0.05, 0.1) is 0 Å². The van der Waals surface area contributed by atoms with E-state index < -0.39 is 0 Å². The Hall–Kier alpha value is -0.0400. The van der Waals surface area contributed by atoms with Crippen LogP contribution in [0.15, 0.2) is 0 Å². The van der Waals surface area contributed by atoms with E-state index in [-0.39, 0.29) is 0 Å². The lowest BCUT2D eigenvalue weighted by atomic mass is 9.51. The maximum absolute atomic E-state index is 2.57. The van der Waals surface area contributed by atoms with E-state index in [0.29, 0.717) is 0 Å². The average Bonchev–Trinajstić information content (AvgIpc) is 2.53. The van der Waals surface area contributed by atoms with Crippen LogP contribution in [0.5, 0.6) is 0 Å². The minimum Gasteiger partial charge on any atom is -0.306 e. The van der Waals surface area contributed by atoms with E-state index in [1.807, 2.05) is 0 Å². The highest BCUT2D eigenvalue weighted by molar-refractivity contribution is 4.98. The average molecular weight is 290 g/mol. The fourth-order valence-electron chi connectivity index (χ4n) is 6.89. The normalized spacial score (nSPS) is 45.9. The highest BCUT2D eigenvalue weighted by Crippen LogP contribution is 2.56. The van der Waals surface area contributed by atoms with Crippen LogP contribution in [-0.2, 0) is 0 Å². The SMILES string of the molecule is CN1CCC(C2C3CCCCC3CC3CCCCC32)CC1. The third-order valence-electron chi connectivity index (χ3n) is 7.84. The maximum atomic E-state index is 2.57. The van der Waals surface area contributed by atoms with Crippen molar-refractivity contribution in [2.45, 2.75) is 70.6 Å². The molecule has 4 aliphatic rings. The third kappa shape index (κ3) is 2.80. The molecule has 0 bridgehead atoms. The molecule has 4 fully saturated rings. The molecule has 0 N–H and O–H groups in total. The second kappa shape index (κ2) is 6.22. The molecular weight excluding hydrogens is 254 g/mol. The monoisotopic (exact) mass is 289 g/mol. The third-order valence-corrected chi connectivity index (χ3v) is 7.84. The van der Waals surface area contributed by atoms with Gasteiger partial charge in [0.2, 0.25) is 0 Å². The first kappa shape index (κ1) is 14.5. The molecule has 0 amide bonds. The van der Waals surface area contributed by atoms with E-state index in [1.165, 1.54) is 25.9 Å². The Kier molecular flexibility index (Phi) is 4.31. The summed E-state index contributed by atoms with van der Waals surface area (Å²) < 4.78 is 0. The van der Waals surface area contributed by atoms with Crippen LogP contribution in [0.1, 0.15) is 70.6 Å². The Labute approximate surface area is 131 Å². The van der Waals surface area contributed by atoms with Crippen LogP contribution in [-0.4, -0.2) is 25.0 Å². The van der Waals surface area contributed by atoms with Gasteiger partial charge >= 0.3 is 0 Å². The van der Waals surface area contributed by atoms with Crippen LogP contribution in [0.4, 0.5) is 0 Å². The molecule has 3 aliphatic carbocycles. The molecule has 1 heterocycles. The van der Waals surface area contributed by atoms with Gasteiger partial charge in [0, 0.05) is 0 Å². The Morgan fingerprint density at radius 2 is 1.14 bits per heavy atom. The first-order valence-corrected chi connectivity index (χ1v) is 10.0. The van der Waals surface area contributed by atoms with E-state index in [4.69, 9.17) is 0 Å². The van der Waals surface area contributed by atoms with Gasteiger partial charge in [0.1, 0.15) is 0 Å². The highest BCUT2D eigenvalue weighted by atomic mass is 15.1. The lowest BCUT2D eigenvalue weighted by Crippen LogP contribution is -2.48. The first-order chi connectivity index (χ1) is 10.3. The summed E-state index contributed by atoms with van der Waals surface area (Å²) in [5.41, 5.74) is 0. The topological polar surface area (TPSA) is 3.24 Å². The van der Waals surface area contributed by atoms with Crippen LogP contribution in [0, 0.1) is 35.5 Å². The van der Waals surface area contributed by atoms with Gasteiger partial charge in [-0.1, -0.05) is 38.5 Å². The zero-order chi connectivity index (χ0) is 14.2. The summed E-state index contributed by atoms with van der Waals surface area (Å²) in [5, 5.41) is 0. The molecule has 3 saturated carbocycles. The number of piperidine rings is 1. The van der Waals surface area contributed by atoms with Crippen molar-refractivity contribution in [1.29, 1.82) is 0 Å². The zero-order valence-corrected chi connectivity index (χ0v) is 14.1. The Balaban J connectivity index is 1.56. The molecule has 4 unspecified atom stereocenters. The van der Waals surface area contributed by atoms with Gasteiger partial charge in [-0.2, -0.15) is 0 Å². The zero-order valence-electron chi connectivity index (χ0n) is 14.1. The number of fused-ring (bicyclic) bond motifs is 2. The van der Waals surface area contributed by atoms with Crippen LogP contribution >= 0.6 is 0 Å². The lowest BCUT2D eigenvalue weighted by Gasteiger charge is -2.55. The molecule has 1 aliphatic heterocycles. The first-order valence-electron chi connectivity index (χ1n) is 10.0. The summed E-state index contributed by atoms with van der Waals surface area (Å²) in [6.45, 7) is 2.74. The van der Waals surface area contributed by atoms with Crippen molar-refractivity contribution in [1.82, 2.24) is 4.90 Å². The molecular formula is C20H35N. The predicted octanol–water partition coefficient (Wildman–Crippen LogP) is 4.96. The van der Waals surface area contributed by atoms with Crippen molar-refractivity contribution in [3.8, 4) is 0 Å². The number of nitrogens with zero attached hydrogens (tertiary/aromatic N) is 1. The van der Waals surface area contributed by atoms with Gasteiger partial charge in [0.15, 0.2) is 0 Å². The van der Waals surface area contributed by atoms with Gasteiger partial charge in [-0.15, -0.1) is 0 Å². The highest BCUT2D eigenvalue weighted by Gasteiger charge is 2.48. The molecule has 0 radical (unpaired) electrons. The molecule has 0 aromatic rings. The predicted molar refractivity (Wildman–Crippen MR) is 89.2 cm³/mol. The van der Waals surface area contributed by atoms with Gasteiger partial charge in [-0.3, -0.25) is 0 Å². The van der Waals surface area contributed by atoms with Crippen LogP contribution < -0.4 is 0 Å². The van der Waals surface area contributed by atoms with Gasteiger partial charge in [-0.05, 0) is 87.7 Å². The second-order valence-electron chi connectivity index (χ2n) is 8.87. The van der Waals surface area contributed by atoms with Gasteiger partial charge in [0.25, 0.3) is 0 Å². The maximum Gasteiger partial charge on any atom is -0.00190 e. The van der Waals surface area contributed by atoms with Crippen LogP contribution in [0.2, 0.25) is 0 Å². The van der Waals surface area contributed by atoms with Crippen LogP contribution in [0.3, 0.4) is 0 Å². The molecule has 4 rings (SSSR count). The minimum absolute atomic E-state index is 1.08. The molecule has 0 aromatic heterocycles. The van der Waals surface area contributed by atoms with Crippen molar-refractivity contribution >= 4 is 0 Å². The van der Waals surface area contributed by atoms with Crippen LogP contribution in [0.25, 0.3) is 0 Å². The van der Waals surface area contributed by atoms with E-state index in [0.717, 1.165) is 35.5 Å². The van der Waals surface area contributed by atoms with Crippen molar-refractivity contribution < 1.29 is 0 Å². The number of likely N-dealkylation sites (tertiary alicyclic amines) is 1. The molecule has 4 atom stereocenters. The van der Waals surface area contributed by atoms with E-state index in [9.17, 15) is 0 Å². The van der Waals surface area contributed by atoms with E-state index >= 15 is 0 Å². The summed E-state index contributed by atoms with van der Waals surface area (Å²) in [4.78, 5) is 2.57. The van der Waals surface area contributed by atoms with E-state index in [2.05, 4.69) is 11.9 Å². The molecule has 0 spiro atoms. The summed E-state index contributed by atoms with van der Waals surface area (Å²) >= 11 is 0. The summed E-state index contributed by atoms with van der Waals surface area (Å²) in [7, 11) is 2.32. The summed E-state index contributed by atoms with van der Waals surface area (Å²) in [5.74, 6) is 6.73. The fraction of sp³-hybridized carbons (Fsp3) is 1.00. The lowest BCUT2D eigenvalue weighted by molar-refractivity contribution is -0.0521. The molecule has 21 heavy (non-hydrogen) atoms. The van der Waals surface area contributed by atoms with E-state index in [1.54, 1.807) is 57.8 Å². The van der Waals surface area contributed by atoms with Crippen molar-refractivity contribution in [3.05, 3.63) is 0 Å².